The Balaban J connectivity index is 2.23. The lowest BCUT2D eigenvalue weighted by Crippen LogP contribution is -2.03. The molecule has 2 aliphatic carbocycles. The van der Waals surface area contributed by atoms with Gasteiger partial charge < -0.3 is 4.52 Å². The largest absolute Gasteiger partial charge is 0.358 e. The van der Waals surface area contributed by atoms with Crippen molar-refractivity contribution in [3.8, 4) is 0 Å². The molecule has 2 rings (SSSR count). The summed E-state index contributed by atoms with van der Waals surface area (Å²) in [5.41, 5.74) is 3.54. The van der Waals surface area contributed by atoms with Crippen molar-refractivity contribution in [1.82, 2.24) is 0 Å². The standard InChI is InChI=1S/C9H10NOP/c1-10-7-4-6-2-3-9(11-12)8(6)5-7/h5,9H,2-4,12H2. The van der Waals surface area contributed by atoms with Crippen LogP contribution in [0.4, 0.5) is 0 Å². The van der Waals surface area contributed by atoms with Gasteiger partial charge in [0.05, 0.1) is 12.7 Å². The van der Waals surface area contributed by atoms with E-state index in [0.29, 0.717) is 0 Å². The predicted molar refractivity (Wildman–Crippen MR) is 50.1 cm³/mol. The van der Waals surface area contributed by atoms with Gasteiger partial charge in [-0.1, -0.05) is 11.6 Å². The first-order valence-electron chi connectivity index (χ1n) is 4.00. The highest BCUT2D eigenvalue weighted by Crippen LogP contribution is 2.40. The molecule has 2 unspecified atom stereocenters. The Kier molecular flexibility index (Phi) is 2.00. The Hall–Kier alpha value is -0.640. The van der Waals surface area contributed by atoms with Gasteiger partial charge in [-0.15, -0.1) is 0 Å². The van der Waals surface area contributed by atoms with Gasteiger partial charge in [-0.25, -0.2) is 4.85 Å². The predicted octanol–water partition coefficient (Wildman–Crippen LogP) is 2.46. The Morgan fingerprint density at radius 2 is 2.50 bits per heavy atom. The fourth-order valence-electron chi connectivity index (χ4n) is 1.88. The highest BCUT2D eigenvalue weighted by atomic mass is 31.0. The Morgan fingerprint density at radius 1 is 1.67 bits per heavy atom. The Bertz CT molecular complexity index is 311. The molecule has 0 aromatic rings. The number of nitrogens with zero attached hydrogens (tertiary/aromatic N) is 1. The monoisotopic (exact) mass is 179 g/mol. The molecular formula is C9H10NOP. The zero-order chi connectivity index (χ0) is 8.55. The van der Waals surface area contributed by atoms with Gasteiger partial charge in [0.1, 0.15) is 0 Å². The van der Waals surface area contributed by atoms with Gasteiger partial charge in [0.2, 0.25) is 0 Å². The molecule has 2 nitrogen and oxygen atoms in total. The van der Waals surface area contributed by atoms with Gasteiger partial charge in [-0.05, 0) is 18.4 Å². The SMILES string of the molecule is [C-]#[N+]C1=CC2=C(CCC2OP)C1. The number of hydrogen-bond donors (Lipinski definition) is 0. The minimum atomic E-state index is 0.226. The van der Waals surface area contributed by atoms with E-state index in [2.05, 4.69) is 14.3 Å². The smallest absolute Gasteiger partial charge is 0.169 e. The normalized spacial score (nSPS) is 27.0. The van der Waals surface area contributed by atoms with Crippen molar-refractivity contribution in [2.24, 2.45) is 0 Å². The molecule has 0 aliphatic heterocycles. The maximum absolute atomic E-state index is 6.89. The minimum Gasteiger partial charge on any atom is -0.358 e. The van der Waals surface area contributed by atoms with Crippen molar-refractivity contribution in [3.05, 3.63) is 34.3 Å². The van der Waals surface area contributed by atoms with Crippen LogP contribution >= 0.6 is 9.47 Å². The van der Waals surface area contributed by atoms with E-state index in [-0.39, 0.29) is 6.10 Å². The third kappa shape index (κ3) is 1.10. The van der Waals surface area contributed by atoms with Gasteiger partial charge in [0, 0.05) is 15.9 Å². The van der Waals surface area contributed by atoms with Crippen LogP contribution in [0.3, 0.4) is 0 Å². The van der Waals surface area contributed by atoms with Crippen LogP contribution in [0.25, 0.3) is 4.85 Å². The molecule has 0 aromatic heterocycles. The van der Waals surface area contributed by atoms with Crippen molar-refractivity contribution in [2.75, 3.05) is 0 Å². The lowest BCUT2D eigenvalue weighted by molar-refractivity contribution is 0.284. The summed E-state index contributed by atoms with van der Waals surface area (Å²) in [5, 5.41) is 0. The first-order valence-corrected chi connectivity index (χ1v) is 4.47. The van der Waals surface area contributed by atoms with E-state index < -0.39 is 0 Å². The average molecular weight is 179 g/mol. The zero-order valence-electron chi connectivity index (χ0n) is 6.71. The Labute approximate surface area is 74.4 Å². The van der Waals surface area contributed by atoms with Gasteiger partial charge in [-0.2, -0.15) is 0 Å². The summed E-state index contributed by atoms with van der Waals surface area (Å²) in [6, 6.07) is 0. The summed E-state index contributed by atoms with van der Waals surface area (Å²) in [6.07, 6.45) is 5.26. The molecule has 2 aliphatic rings. The van der Waals surface area contributed by atoms with Crippen LogP contribution in [0.1, 0.15) is 19.3 Å². The minimum absolute atomic E-state index is 0.226. The molecule has 0 saturated heterocycles. The summed E-state index contributed by atoms with van der Waals surface area (Å²) in [4.78, 5) is 3.45. The number of allylic oxidation sites excluding steroid dienone is 1. The molecular weight excluding hydrogens is 169 g/mol. The fraction of sp³-hybridized carbons (Fsp3) is 0.444. The molecule has 0 amide bonds. The van der Waals surface area contributed by atoms with E-state index in [9.17, 15) is 0 Å². The van der Waals surface area contributed by atoms with E-state index in [1.54, 1.807) is 0 Å². The fourth-order valence-corrected chi connectivity index (χ4v) is 2.16. The highest BCUT2D eigenvalue weighted by Gasteiger charge is 2.28. The van der Waals surface area contributed by atoms with E-state index in [4.69, 9.17) is 11.1 Å². The lowest BCUT2D eigenvalue weighted by atomic mass is 10.2. The Morgan fingerprint density at radius 3 is 3.17 bits per heavy atom. The third-order valence-corrected chi connectivity index (χ3v) is 2.82. The summed E-state index contributed by atoms with van der Waals surface area (Å²) in [7, 11) is 2.31. The summed E-state index contributed by atoms with van der Waals surface area (Å²) in [6.45, 7) is 6.89. The molecule has 0 bridgehead atoms. The maximum atomic E-state index is 6.89. The summed E-state index contributed by atoms with van der Waals surface area (Å²) >= 11 is 0. The van der Waals surface area contributed by atoms with Gasteiger partial charge in [0.25, 0.3) is 0 Å². The molecule has 0 fully saturated rings. The molecule has 2 atom stereocenters. The third-order valence-electron chi connectivity index (χ3n) is 2.49. The molecule has 0 radical (unpaired) electrons. The number of hydrogen-bond acceptors (Lipinski definition) is 1. The van der Waals surface area contributed by atoms with E-state index in [1.165, 1.54) is 11.1 Å². The zero-order valence-corrected chi connectivity index (χ0v) is 7.86. The first kappa shape index (κ1) is 7.98. The van der Waals surface area contributed by atoms with Crippen LogP contribution in [0.5, 0.6) is 0 Å². The highest BCUT2D eigenvalue weighted by molar-refractivity contribution is 7.09. The quantitative estimate of drug-likeness (QED) is 0.445. The molecule has 0 N–H and O–H groups in total. The van der Waals surface area contributed by atoms with E-state index >= 15 is 0 Å². The van der Waals surface area contributed by atoms with Crippen LogP contribution < -0.4 is 0 Å². The van der Waals surface area contributed by atoms with Gasteiger partial charge in [0.15, 0.2) is 5.70 Å². The summed E-state index contributed by atoms with van der Waals surface area (Å²) in [5.74, 6) is 0. The van der Waals surface area contributed by atoms with Crippen molar-refractivity contribution < 1.29 is 4.52 Å². The molecule has 3 heteroatoms. The summed E-state index contributed by atoms with van der Waals surface area (Å²) < 4.78 is 5.23. The maximum Gasteiger partial charge on any atom is 0.169 e. The van der Waals surface area contributed by atoms with Crippen LogP contribution in [-0.2, 0) is 4.52 Å². The van der Waals surface area contributed by atoms with Crippen LogP contribution in [0.15, 0.2) is 22.9 Å². The van der Waals surface area contributed by atoms with Gasteiger partial charge in [-0.3, -0.25) is 0 Å². The van der Waals surface area contributed by atoms with Crippen molar-refractivity contribution in [1.29, 1.82) is 0 Å². The van der Waals surface area contributed by atoms with Crippen LogP contribution in [-0.4, -0.2) is 6.10 Å². The molecule has 0 heterocycles. The molecule has 0 saturated carbocycles. The first-order chi connectivity index (χ1) is 5.85. The molecule has 62 valence electrons. The second-order valence-corrected chi connectivity index (χ2v) is 3.42. The van der Waals surface area contributed by atoms with Crippen LogP contribution in [0.2, 0.25) is 0 Å². The van der Waals surface area contributed by atoms with Crippen molar-refractivity contribution in [2.45, 2.75) is 25.4 Å². The lowest BCUT2D eigenvalue weighted by Gasteiger charge is -2.07. The second-order valence-electron chi connectivity index (χ2n) is 3.15. The second kappa shape index (κ2) is 3.01. The van der Waals surface area contributed by atoms with Gasteiger partial charge >= 0.3 is 0 Å². The topological polar surface area (TPSA) is 13.6 Å². The van der Waals surface area contributed by atoms with Crippen molar-refractivity contribution >= 4 is 9.47 Å². The van der Waals surface area contributed by atoms with Crippen molar-refractivity contribution in [3.63, 3.8) is 0 Å². The van der Waals surface area contributed by atoms with E-state index in [0.717, 1.165) is 25.0 Å². The molecule has 0 aromatic carbocycles. The van der Waals surface area contributed by atoms with Crippen LogP contribution in [0, 0.1) is 6.57 Å². The average Bonchev–Trinajstić information content (AvgIpc) is 2.61. The number of rotatable bonds is 1. The molecule has 12 heavy (non-hydrogen) atoms. The van der Waals surface area contributed by atoms with E-state index in [1.807, 2.05) is 6.08 Å². The molecule has 0 spiro atoms.